The van der Waals surface area contributed by atoms with Gasteiger partial charge in [-0.1, -0.05) is 53.4 Å². The fraction of sp³-hybridized carbons (Fsp3) is 0.929. The quantitative estimate of drug-likeness (QED) is 0.599. The van der Waals surface area contributed by atoms with Gasteiger partial charge in [0.05, 0.1) is 0 Å². The highest BCUT2D eigenvalue weighted by molar-refractivity contribution is 5.76. The third-order valence-electron chi connectivity index (χ3n) is 3.29. The van der Waals surface area contributed by atoms with E-state index in [1.165, 1.54) is 25.7 Å². The fourth-order valence-electron chi connectivity index (χ4n) is 2.23. The molecular formula is C14H29NO. The van der Waals surface area contributed by atoms with E-state index in [0.29, 0.717) is 11.8 Å². The highest BCUT2D eigenvalue weighted by Crippen LogP contribution is 2.24. The first kappa shape index (κ1) is 15.5. The van der Waals surface area contributed by atoms with Crippen molar-refractivity contribution in [1.82, 2.24) is 0 Å². The van der Waals surface area contributed by atoms with Crippen LogP contribution in [0.4, 0.5) is 0 Å². The minimum atomic E-state index is -0.114. The van der Waals surface area contributed by atoms with Crippen LogP contribution in [0.1, 0.15) is 66.2 Å². The lowest BCUT2D eigenvalue weighted by atomic mass is 9.83. The first-order valence-electron chi connectivity index (χ1n) is 6.78. The third-order valence-corrected chi connectivity index (χ3v) is 3.29. The second-order valence-electron chi connectivity index (χ2n) is 5.47. The standard InChI is InChI=1S/C14H29NO/c1-5-6-7-8-9-12(4)13(14(15)16)10-11(2)3/h11-13H,5-10H2,1-4H3,(H2,15,16)/t12?,13-/m1/s1. The van der Waals surface area contributed by atoms with Crippen LogP contribution in [0.3, 0.4) is 0 Å². The minimum Gasteiger partial charge on any atom is -0.369 e. The number of nitrogens with two attached hydrogens (primary N) is 1. The fourth-order valence-corrected chi connectivity index (χ4v) is 2.23. The number of hydrogen-bond donors (Lipinski definition) is 1. The molecule has 1 amide bonds. The van der Waals surface area contributed by atoms with Gasteiger partial charge in [-0.05, 0) is 24.7 Å². The summed E-state index contributed by atoms with van der Waals surface area (Å²) in [5, 5.41) is 0. The van der Waals surface area contributed by atoms with Crippen molar-refractivity contribution < 1.29 is 4.79 Å². The molecule has 0 aliphatic rings. The van der Waals surface area contributed by atoms with Crippen molar-refractivity contribution in [2.45, 2.75) is 66.2 Å². The van der Waals surface area contributed by atoms with Gasteiger partial charge in [0.1, 0.15) is 0 Å². The molecule has 0 bridgehead atoms. The maximum atomic E-state index is 11.4. The van der Waals surface area contributed by atoms with E-state index < -0.39 is 0 Å². The summed E-state index contributed by atoms with van der Waals surface area (Å²) < 4.78 is 0. The number of primary amides is 1. The van der Waals surface area contributed by atoms with Crippen molar-refractivity contribution in [3.05, 3.63) is 0 Å². The molecule has 0 aromatic carbocycles. The lowest BCUT2D eigenvalue weighted by molar-refractivity contribution is -0.123. The Morgan fingerprint density at radius 1 is 1.12 bits per heavy atom. The summed E-state index contributed by atoms with van der Waals surface area (Å²) in [7, 11) is 0. The normalized spacial score (nSPS) is 15.1. The molecule has 0 aliphatic carbocycles. The topological polar surface area (TPSA) is 43.1 Å². The molecule has 0 aromatic heterocycles. The third kappa shape index (κ3) is 6.86. The van der Waals surface area contributed by atoms with Crippen LogP contribution in [0.2, 0.25) is 0 Å². The lowest BCUT2D eigenvalue weighted by Gasteiger charge is -2.22. The number of amides is 1. The highest BCUT2D eigenvalue weighted by atomic mass is 16.1. The molecule has 0 fully saturated rings. The van der Waals surface area contributed by atoms with E-state index in [4.69, 9.17) is 5.73 Å². The van der Waals surface area contributed by atoms with Crippen LogP contribution in [0.15, 0.2) is 0 Å². The molecule has 0 rings (SSSR count). The van der Waals surface area contributed by atoms with E-state index in [1.807, 2.05) is 0 Å². The Bertz CT molecular complexity index is 189. The predicted molar refractivity (Wildman–Crippen MR) is 70.1 cm³/mol. The van der Waals surface area contributed by atoms with Crippen molar-refractivity contribution in [1.29, 1.82) is 0 Å². The number of hydrogen-bond acceptors (Lipinski definition) is 1. The van der Waals surface area contributed by atoms with Gasteiger partial charge in [0.15, 0.2) is 0 Å². The Hall–Kier alpha value is -0.530. The average molecular weight is 227 g/mol. The molecule has 0 saturated carbocycles. The molecule has 1 unspecified atom stereocenters. The van der Waals surface area contributed by atoms with Crippen molar-refractivity contribution in [3.63, 3.8) is 0 Å². The molecule has 96 valence electrons. The van der Waals surface area contributed by atoms with Gasteiger partial charge >= 0.3 is 0 Å². The summed E-state index contributed by atoms with van der Waals surface area (Å²) in [4.78, 5) is 11.4. The average Bonchev–Trinajstić information content (AvgIpc) is 2.20. The van der Waals surface area contributed by atoms with E-state index in [0.717, 1.165) is 12.8 Å². The summed E-state index contributed by atoms with van der Waals surface area (Å²) in [6, 6.07) is 0. The van der Waals surface area contributed by atoms with Gasteiger partial charge in [-0.3, -0.25) is 4.79 Å². The Kier molecular flexibility index (Phi) is 8.32. The first-order valence-corrected chi connectivity index (χ1v) is 6.78. The van der Waals surface area contributed by atoms with Crippen LogP contribution in [0, 0.1) is 17.8 Å². The Balaban J connectivity index is 3.97. The van der Waals surface area contributed by atoms with Gasteiger partial charge in [0.2, 0.25) is 5.91 Å². The van der Waals surface area contributed by atoms with E-state index in [9.17, 15) is 4.79 Å². The van der Waals surface area contributed by atoms with Gasteiger partial charge < -0.3 is 5.73 Å². The number of carbonyl (C=O) groups excluding carboxylic acids is 1. The monoisotopic (exact) mass is 227 g/mol. The van der Waals surface area contributed by atoms with Gasteiger partial charge in [-0.25, -0.2) is 0 Å². The molecule has 0 aromatic rings. The van der Waals surface area contributed by atoms with Crippen LogP contribution >= 0.6 is 0 Å². The van der Waals surface area contributed by atoms with E-state index in [-0.39, 0.29) is 11.8 Å². The minimum absolute atomic E-state index is 0.0710. The van der Waals surface area contributed by atoms with Crippen molar-refractivity contribution in [2.24, 2.45) is 23.5 Å². The summed E-state index contributed by atoms with van der Waals surface area (Å²) in [6.45, 7) is 8.69. The van der Waals surface area contributed by atoms with E-state index in [2.05, 4.69) is 27.7 Å². The van der Waals surface area contributed by atoms with Crippen LogP contribution in [-0.4, -0.2) is 5.91 Å². The highest BCUT2D eigenvalue weighted by Gasteiger charge is 2.23. The van der Waals surface area contributed by atoms with Gasteiger partial charge in [0.25, 0.3) is 0 Å². The van der Waals surface area contributed by atoms with E-state index in [1.54, 1.807) is 0 Å². The van der Waals surface area contributed by atoms with Crippen LogP contribution in [0.5, 0.6) is 0 Å². The summed E-state index contributed by atoms with van der Waals surface area (Å²) in [5.74, 6) is 0.950. The molecule has 2 atom stereocenters. The molecule has 2 N–H and O–H groups in total. The second kappa shape index (κ2) is 8.60. The van der Waals surface area contributed by atoms with E-state index >= 15 is 0 Å². The molecule has 0 spiro atoms. The SMILES string of the molecule is CCCCCCC(C)[C@@H](CC(C)C)C(N)=O. The number of rotatable bonds is 9. The van der Waals surface area contributed by atoms with Crippen LogP contribution < -0.4 is 5.73 Å². The number of carbonyl (C=O) groups is 1. The van der Waals surface area contributed by atoms with Crippen LogP contribution in [-0.2, 0) is 4.79 Å². The zero-order chi connectivity index (χ0) is 12.6. The largest absolute Gasteiger partial charge is 0.369 e. The molecule has 16 heavy (non-hydrogen) atoms. The molecule has 2 heteroatoms. The summed E-state index contributed by atoms with van der Waals surface area (Å²) in [6.07, 6.45) is 7.16. The van der Waals surface area contributed by atoms with Crippen molar-refractivity contribution >= 4 is 5.91 Å². The predicted octanol–water partition coefficient (Wildman–Crippen LogP) is 3.74. The first-order chi connectivity index (χ1) is 7.49. The Labute approximate surface area is 101 Å². The zero-order valence-electron chi connectivity index (χ0n) is 11.5. The molecule has 0 saturated heterocycles. The maximum absolute atomic E-state index is 11.4. The molecule has 0 radical (unpaired) electrons. The maximum Gasteiger partial charge on any atom is 0.220 e. The number of unbranched alkanes of at least 4 members (excludes halogenated alkanes) is 3. The van der Waals surface area contributed by atoms with Gasteiger partial charge in [-0.15, -0.1) is 0 Å². The lowest BCUT2D eigenvalue weighted by Crippen LogP contribution is -2.30. The molecule has 0 heterocycles. The zero-order valence-corrected chi connectivity index (χ0v) is 11.5. The van der Waals surface area contributed by atoms with Crippen molar-refractivity contribution in [3.8, 4) is 0 Å². The molecular weight excluding hydrogens is 198 g/mol. The van der Waals surface area contributed by atoms with Crippen molar-refractivity contribution in [2.75, 3.05) is 0 Å². The van der Waals surface area contributed by atoms with Gasteiger partial charge in [0, 0.05) is 5.92 Å². The van der Waals surface area contributed by atoms with Crippen LogP contribution in [0.25, 0.3) is 0 Å². The van der Waals surface area contributed by atoms with Gasteiger partial charge in [-0.2, -0.15) is 0 Å². The summed E-state index contributed by atoms with van der Waals surface area (Å²) >= 11 is 0. The Morgan fingerprint density at radius 3 is 2.19 bits per heavy atom. The summed E-state index contributed by atoms with van der Waals surface area (Å²) in [5.41, 5.74) is 5.48. The molecule has 0 aliphatic heterocycles. The Morgan fingerprint density at radius 2 is 1.75 bits per heavy atom. The second-order valence-corrected chi connectivity index (χ2v) is 5.47. The molecule has 2 nitrogen and oxygen atoms in total. The smallest absolute Gasteiger partial charge is 0.220 e.